The van der Waals surface area contributed by atoms with E-state index in [-0.39, 0.29) is 0 Å². The Balaban J connectivity index is 0.000000111. The monoisotopic (exact) mass is 236 g/mol. The summed E-state index contributed by atoms with van der Waals surface area (Å²) in [5.74, 6) is 0. The molecule has 18 heavy (non-hydrogen) atoms. The molecular weight excluding hydrogens is 220 g/mol. The van der Waals surface area contributed by atoms with Gasteiger partial charge in [0.25, 0.3) is 0 Å². The molecule has 2 aliphatic rings. The number of benzene rings is 1. The van der Waals surface area contributed by atoms with Gasteiger partial charge in [-0.3, -0.25) is 4.99 Å². The zero-order chi connectivity index (χ0) is 12.2. The summed E-state index contributed by atoms with van der Waals surface area (Å²) in [7, 11) is 0. The third-order valence-corrected chi connectivity index (χ3v) is 3.29. The molecule has 2 aromatic rings. The molecule has 0 unspecified atom stereocenters. The fourth-order valence-corrected chi connectivity index (χ4v) is 2.28. The number of allylic oxidation sites excluding steroid dienone is 2. The fraction of sp³-hybridized carbons (Fsp3) is 0.188. The first-order valence-electron chi connectivity index (χ1n) is 6.34. The second-order valence-corrected chi connectivity index (χ2v) is 4.51. The van der Waals surface area contributed by atoms with Crippen LogP contribution < -0.4 is 0 Å². The van der Waals surface area contributed by atoms with Crippen LogP contribution in [0.1, 0.15) is 16.8 Å². The van der Waals surface area contributed by atoms with Crippen molar-refractivity contribution in [2.45, 2.75) is 19.3 Å². The van der Waals surface area contributed by atoms with Crippen molar-refractivity contribution in [1.82, 2.24) is 4.98 Å². The van der Waals surface area contributed by atoms with Gasteiger partial charge in [-0.1, -0.05) is 30.4 Å². The quantitative estimate of drug-likeness (QED) is 0.677. The molecule has 4 rings (SSSR count). The van der Waals surface area contributed by atoms with Gasteiger partial charge < -0.3 is 4.98 Å². The molecule has 1 N–H and O–H groups in total. The van der Waals surface area contributed by atoms with Gasteiger partial charge in [0.2, 0.25) is 0 Å². The van der Waals surface area contributed by atoms with Crippen molar-refractivity contribution in [3.05, 3.63) is 65.5 Å². The van der Waals surface area contributed by atoms with Crippen LogP contribution in [-0.2, 0) is 19.3 Å². The van der Waals surface area contributed by atoms with E-state index >= 15 is 0 Å². The molecule has 0 fully saturated rings. The third-order valence-electron chi connectivity index (χ3n) is 3.29. The molecule has 0 radical (unpaired) electrons. The summed E-state index contributed by atoms with van der Waals surface area (Å²) >= 11 is 0. The smallest absolute Gasteiger partial charge is 0.0661 e. The first-order chi connectivity index (χ1) is 8.93. The SMILES string of the molecule is C1=CCc2[nH]ccc2C1.C1=Nc2ccccc2C1. The van der Waals surface area contributed by atoms with Gasteiger partial charge in [-0.25, -0.2) is 0 Å². The molecular formula is C16H16N2. The van der Waals surface area contributed by atoms with Crippen molar-refractivity contribution in [1.29, 1.82) is 0 Å². The Kier molecular flexibility index (Phi) is 3.09. The van der Waals surface area contributed by atoms with Gasteiger partial charge in [-0.2, -0.15) is 0 Å². The molecule has 0 saturated heterocycles. The Hall–Kier alpha value is -2.09. The Morgan fingerprint density at radius 3 is 2.67 bits per heavy atom. The minimum atomic E-state index is 1.01. The van der Waals surface area contributed by atoms with Crippen molar-refractivity contribution >= 4 is 11.9 Å². The third kappa shape index (κ3) is 2.28. The average molecular weight is 236 g/mol. The summed E-state index contributed by atoms with van der Waals surface area (Å²) in [5.41, 5.74) is 5.32. The van der Waals surface area contributed by atoms with E-state index in [1.807, 2.05) is 30.6 Å². The number of hydrogen-bond acceptors (Lipinski definition) is 1. The Morgan fingerprint density at radius 2 is 1.78 bits per heavy atom. The Labute approximate surface area is 107 Å². The number of nitrogens with zero attached hydrogens (tertiary/aromatic N) is 1. The van der Waals surface area contributed by atoms with Crippen molar-refractivity contribution < 1.29 is 0 Å². The highest BCUT2D eigenvalue weighted by atomic mass is 14.7. The fourth-order valence-electron chi connectivity index (χ4n) is 2.28. The summed E-state index contributed by atoms with van der Waals surface area (Å²) in [4.78, 5) is 7.38. The number of H-pyrrole nitrogens is 1. The first-order valence-corrected chi connectivity index (χ1v) is 6.34. The molecule has 2 nitrogen and oxygen atoms in total. The van der Waals surface area contributed by atoms with Crippen molar-refractivity contribution in [2.75, 3.05) is 0 Å². The number of para-hydroxylation sites is 1. The van der Waals surface area contributed by atoms with Crippen LogP contribution in [0, 0.1) is 0 Å². The van der Waals surface area contributed by atoms with E-state index in [9.17, 15) is 0 Å². The molecule has 2 heteroatoms. The lowest BCUT2D eigenvalue weighted by atomic mass is 10.1. The number of nitrogens with one attached hydrogen (secondary N) is 1. The van der Waals surface area contributed by atoms with E-state index < -0.39 is 0 Å². The number of rotatable bonds is 0. The molecule has 2 heterocycles. The Morgan fingerprint density at radius 1 is 0.889 bits per heavy atom. The highest BCUT2D eigenvalue weighted by Crippen LogP contribution is 2.22. The molecule has 0 bridgehead atoms. The standard InChI is InChI=1S/C8H9N.C8H7N/c2*1-2-4-8-7(3-1)5-6-9-8/h1-2,5-6,9H,3-4H2;1-4,6H,5H2. The van der Waals surface area contributed by atoms with Crippen LogP contribution >= 0.6 is 0 Å². The molecule has 0 atom stereocenters. The molecule has 1 aliphatic carbocycles. The predicted octanol–water partition coefficient (Wildman–Crippen LogP) is 3.61. The van der Waals surface area contributed by atoms with Crippen molar-refractivity contribution in [2.24, 2.45) is 4.99 Å². The van der Waals surface area contributed by atoms with E-state index in [1.54, 1.807) is 0 Å². The van der Waals surface area contributed by atoms with Gasteiger partial charge in [0.05, 0.1) is 5.69 Å². The molecule has 1 aromatic heterocycles. The average Bonchev–Trinajstić information content (AvgIpc) is 3.08. The second-order valence-electron chi connectivity index (χ2n) is 4.51. The van der Waals surface area contributed by atoms with E-state index in [4.69, 9.17) is 0 Å². The van der Waals surface area contributed by atoms with Crippen LogP contribution in [0.3, 0.4) is 0 Å². The van der Waals surface area contributed by atoms with Gasteiger partial charge in [0.1, 0.15) is 0 Å². The number of aromatic nitrogens is 1. The minimum Gasteiger partial charge on any atom is -0.364 e. The summed E-state index contributed by atoms with van der Waals surface area (Å²) in [5, 5.41) is 0. The van der Waals surface area contributed by atoms with Crippen molar-refractivity contribution in [3.63, 3.8) is 0 Å². The molecule has 90 valence electrons. The van der Waals surface area contributed by atoms with Crippen LogP contribution in [0.2, 0.25) is 0 Å². The van der Waals surface area contributed by atoms with E-state index in [0.29, 0.717) is 0 Å². The maximum Gasteiger partial charge on any atom is 0.0661 e. The lowest BCUT2D eigenvalue weighted by molar-refractivity contribution is 1.05. The number of hydrogen-bond donors (Lipinski definition) is 1. The van der Waals surface area contributed by atoms with Gasteiger partial charge in [0.15, 0.2) is 0 Å². The Bertz CT molecular complexity index is 568. The lowest BCUT2D eigenvalue weighted by Gasteiger charge is -2.02. The van der Waals surface area contributed by atoms with Crippen molar-refractivity contribution in [3.8, 4) is 0 Å². The number of aliphatic imine (C=N–C) groups is 1. The molecule has 0 amide bonds. The zero-order valence-corrected chi connectivity index (χ0v) is 10.3. The van der Waals surface area contributed by atoms with E-state index in [2.05, 4.69) is 34.3 Å². The van der Waals surface area contributed by atoms with Crippen LogP contribution in [-0.4, -0.2) is 11.2 Å². The first kappa shape index (κ1) is 11.0. The van der Waals surface area contributed by atoms with E-state index in [1.165, 1.54) is 16.8 Å². The van der Waals surface area contributed by atoms with Crippen LogP contribution in [0.4, 0.5) is 5.69 Å². The van der Waals surface area contributed by atoms with Gasteiger partial charge >= 0.3 is 0 Å². The predicted molar refractivity (Wildman–Crippen MR) is 75.6 cm³/mol. The van der Waals surface area contributed by atoms with Gasteiger partial charge in [0, 0.05) is 30.9 Å². The topological polar surface area (TPSA) is 28.1 Å². The maximum atomic E-state index is 4.17. The largest absolute Gasteiger partial charge is 0.364 e. The normalized spacial score (nSPS) is 14.7. The maximum absolute atomic E-state index is 4.17. The molecule has 0 spiro atoms. The van der Waals surface area contributed by atoms with Gasteiger partial charge in [-0.15, -0.1) is 0 Å². The summed E-state index contributed by atoms with van der Waals surface area (Å²) in [6, 6.07) is 10.4. The highest BCUT2D eigenvalue weighted by Gasteiger charge is 2.03. The number of aromatic amines is 1. The van der Waals surface area contributed by atoms with E-state index in [0.717, 1.165) is 24.9 Å². The summed E-state index contributed by atoms with van der Waals surface area (Å²) in [6.07, 6.45) is 11.6. The highest BCUT2D eigenvalue weighted by molar-refractivity contribution is 5.75. The number of fused-ring (bicyclic) bond motifs is 2. The lowest BCUT2D eigenvalue weighted by Crippen LogP contribution is -1.93. The molecule has 0 saturated carbocycles. The summed E-state index contributed by atoms with van der Waals surface area (Å²) in [6.45, 7) is 0. The minimum absolute atomic E-state index is 1.01. The van der Waals surface area contributed by atoms with Crippen LogP contribution in [0.25, 0.3) is 0 Å². The van der Waals surface area contributed by atoms with Gasteiger partial charge in [-0.05, 0) is 29.7 Å². The molecule has 1 aromatic carbocycles. The summed E-state index contributed by atoms with van der Waals surface area (Å²) < 4.78 is 0. The second kappa shape index (κ2) is 5.05. The van der Waals surface area contributed by atoms with Crippen LogP contribution in [0.5, 0.6) is 0 Å². The van der Waals surface area contributed by atoms with Crippen LogP contribution in [0.15, 0.2) is 53.7 Å². The molecule has 1 aliphatic heterocycles. The zero-order valence-electron chi connectivity index (χ0n) is 10.3.